The van der Waals surface area contributed by atoms with Crippen LogP contribution in [0, 0.1) is 34.5 Å². The highest BCUT2D eigenvalue weighted by atomic mass is 16.1. The second kappa shape index (κ2) is 4.43. The molecule has 0 spiro atoms. The molecule has 4 aliphatic carbocycles. The standard InChI is InChI=1S/C20H26O2/c1-12-10-14-15-4-5-18(22)20(15,3)9-7-16(14)19(2)8-6-13(21)11-17(12)19/h6,8,11-12,14-16H,4-5,7,9-10H2,1-3H3/t12-,14-,15?,16?,19+,20-/m0/s1. The summed E-state index contributed by atoms with van der Waals surface area (Å²) >= 11 is 0. The zero-order valence-corrected chi connectivity index (χ0v) is 13.9. The van der Waals surface area contributed by atoms with Gasteiger partial charge >= 0.3 is 0 Å². The fraction of sp³-hybridized carbons (Fsp3) is 0.700. The highest BCUT2D eigenvalue weighted by Gasteiger charge is 2.59. The lowest BCUT2D eigenvalue weighted by atomic mass is 9.47. The van der Waals surface area contributed by atoms with Crippen LogP contribution in [0.15, 0.2) is 23.8 Å². The Bertz CT molecular complexity index is 613. The molecule has 0 bridgehead atoms. The fourth-order valence-electron chi connectivity index (χ4n) is 6.39. The van der Waals surface area contributed by atoms with Crippen LogP contribution < -0.4 is 0 Å². The summed E-state index contributed by atoms with van der Waals surface area (Å²) in [4.78, 5) is 24.3. The Morgan fingerprint density at radius 1 is 1.14 bits per heavy atom. The third-order valence-electron chi connectivity index (χ3n) is 7.59. The van der Waals surface area contributed by atoms with Crippen molar-refractivity contribution in [1.82, 2.24) is 0 Å². The van der Waals surface area contributed by atoms with Gasteiger partial charge in [0.1, 0.15) is 5.78 Å². The minimum Gasteiger partial charge on any atom is -0.299 e. The third kappa shape index (κ3) is 1.67. The zero-order valence-electron chi connectivity index (χ0n) is 13.9. The predicted molar refractivity (Wildman–Crippen MR) is 86.2 cm³/mol. The zero-order chi connectivity index (χ0) is 15.7. The number of ketones is 2. The maximum absolute atomic E-state index is 12.4. The van der Waals surface area contributed by atoms with Crippen LogP contribution in [0.5, 0.6) is 0 Å². The van der Waals surface area contributed by atoms with Crippen molar-refractivity contribution in [3.8, 4) is 0 Å². The molecule has 0 amide bonds. The van der Waals surface area contributed by atoms with Crippen LogP contribution >= 0.6 is 0 Å². The Labute approximate surface area is 133 Å². The summed E-state index contributed by atoms with van der Waals surface area (Å²) in [5.74, 6) is 2.91. The number of Topliss-reactive ketones (excluding diaryl/α,β-unsaturated/α-hetero) is 1. The number of allylic oxidation sites excluding steroid dienone is 4. The molecule has 2 heteroatoms. The lowest BCUT2D eigenvalue weighted by molar-refractivity contribution is -0.132. The summed E-state index contributed by atoms with van der Waals surface area (Å²) in [6, 6.07) is 0. The van der Waals surface area contributed by atoms with E-state index in [1.165, 1.54) is 5.57 Å². The average molecular weight is 298 g/mol. The molecule has 6 atom stereocenters. The Morgan fingerprint density at radius 3 is 2.68 bits per heavy atom. The highest BCUT2D eigenvalue weighted by molar-refractivity contribution is 6.01. The predicted octanol–water partition coefficient (Wildman–Crippen LogP) is 4.11. The molecule has 118 valence electrons. The van der Waals surface area contributed by atoms with Gasteiger partial charge in [0, 0.05) is 17.3 Å². The summed E-state index contributed by atoms with van der Waals surface area (Å²) < 4.78 is 0. The first kappa shape index (κ1) is 14.4. The molecular weight excluding hydrogens is 272 g/mol. The summed E-state index contributed by atoms with van der Waals surface area (Å²) in [7, 11) is 0. The van der Waals surface area contributed by atoms with Gasteiger partial charge in [0.25, 0.3) is 0 Å². The normalized spacial score (nSPS) is 50.2. The first-order valence-electron chi connectivity index (χ1n) is 8.85. The van der Waals surface area contributed by atoms with Crippen molar-refractivity contribution in [2.24, 2.45) is 34.5 Å². The number of fused-ring (bicyclic) bond motifs is 5. The molecule has 22 heavy (non-hydrogen) atoms. The second-order valence-corrected chi connectivity index (χ2v) is 8.55. The van der Waals surface area contributed by atoms with Gasteiger partial charge in [0.2, 0.25) is 0 Å². The van der Waals surface area contributed by atoms with E-state index in [4.69, 9.17) is 0 Å². The van der Waals surface area contributed by atoms with Gasteiger partial charge in [-0.3, -0.25) is 9.59 Å². The number of hydrogen-bond donors (Lipinski definition) is 0. The molecule has 4 aliphatic rings. The molecule has 2 unspecified atom stereocenters. The van der Waals surface area contributed by atoms with Crippen LogP contribution in [0.3, 0.4) is 0 Å². The van der Waals surface area contributed by atoms with E-state index in [1.807, 2.05) is 6.08 Å². The van der Waals surface area contributed by atoms with Crippen molar-refractivity contribution in [3.63, 3.8) is 0 Å². The van der Waals surface area contributed by atoms with Crippen molar-refractivity contribution < 1.29 is 9.59 Å². The van der Waals surface area contributed by atoms with Crippen LogP contribution in [0.4, 0.5) is 0 Å². The summed E-state index contributed by atoms with van der Waals surface area (Å²) in [6.07, 6.45) is 11.0. The lowest BCUT2D eigenvalue weighted by Gasteiger charge is -2.57. The lowest BCUT2D eigenvalue weighted by Crippen LogP contribution is -2.51. The third-order valence-corrected chi connectivity index (χ3v) is 7.59. The Balaban J connectivity index is 1.76. The fourth-order valence-corrected chi connectivity index (χ4v) is 6.39. The van der Waals surface area contributed by atoms with Crippen molar-refractivity contribution >= 4 is 11.6 Å². The topological polar surface area (TPSA) is 34.1 Å². The molecule has 0 aromatic carbocycles. The molecule has 0 saturated heterocycles. The Morgan fingerprint density at radius 2 is 1.91 bits per heavy atom. The quantitative estimate of drug-likeness (QED) is 0.674. The number of carbonyl (C=O) groups excluding carboxylic acids is 2. The molecular formula is C20H26O2. The van der Waals surface area contributed by atoms with Crippen molar-refractivity contribution in [2.45, 2.75) is 52.9 Å². The van der Waals surface area contributed by atoms with Gasteiger partial charge in [-0.05, 0) is 61.5 Å². The molecule has 3 fully saturated rings. The van der Waals surface area contributed by atoms with E-state index in [0.29, 0.717) is 29.5 Å². The molecule has 2 nitrogen and oxygen atoms in total. The van der Waals surface area contributed by atoms with Crippen molar-refractivity contribution in [2.75, 3.05) is 0 Å². The molecule has 4 rings (SSSR count). The van der Waals surface area contributed by atoms with Gasteiger partial charge < -0.3 is 0 Å². The molecule has 3 saturated carbocycles. The smallest absolute Gasteiger partial charge is 0.178 e. The molecule has 0 aromatic rings. The maximum Gasteiger partial charge on any atom is 0.178 e. The van der Waals surface area contributed by atoms with E-state index >= 15 is 0 Å². The Kier molecular flexibility index (Phi) is 2.90. The minimum absolute atomic E-state index is 0.0310. The highest BCUT2D eigenvalue weighted by Crippen LogP contribution is 2.64. The molecule has 0 aliphatic heterocycles. The first-order chi connectivity index (χ1) is 10.4. The average Bonchev–Trinajstić information content (AvgIpc) is 2.77. The summed E-state index contributed by atoms with van der Waals surface area (Å²) in [6.45, 7) is 6.83. The maximum atomic E-state index is 12.4. The van der Waals surface area contributed by atoms with Gasteiger partial charge in [-0.25, -0.2) is 0 Å². The number of carbonyl (C=O) groups is 2. The van der Waals surface area contributed by atoms with Gasteiger partial charge in [-0.2, -0.15) is 0 Å². The van der Waals surface area contributed by atoms with Crippen LogP contribution in [-0.4, -0.2) is 11.6 Å². The van der Waals surface area contributed by atoms with Crippen molar-refractivity contribution in [1.29, 1.82) is 0 Å². The van der Waals surface area contributed by atoms with E-state index in [1.54, 1.807) is 6.08 Å². The molecule has 0 N–H and O–H groups in total. The van der Waals surface area contributed by atoms with Crippen LogP contribution in [0.25, 0.3) is 0 Å². The van der Waals surface area contributed by atoms with Gasteiger partial charge in [0.15, 0.2) is 5.78 Å². The minimum atomic E-state index is -0.0628. The van der Waals surface area contributed by atoms with Crippen molar-refractivity contribution in [3.05, 3.63) is 23.8 Å². The van der Waals surface area contributed by atoms with Crippen LogP contribution in [-0.2, 0) is 9.59 Å². The van der Waals surface area contributed by atoms with Crippen LogP contribution in [0.2, 0.25) is 0 Å². The second-order valence-electron chi connectivity index (χ2n) is 8.55. The van der Waals surface area contributed by atoms with E-state index < -0.39 is 0 Å². The van der Waals surface area contributed by atoms with Gasteiger partial charge in [-0.1, -0.05) is 32.4 Å². The van der Waals surface area contributed by atoms with E-state index in [2.05, 4.69) is 26.8 Å². The Hall–Kier alpha value is -1.18. The largest absolute Gasteiger partial charge is 0.299 e. The van der Waals surface area contributed by atoms with E-state index in [9.17, 15) is 9.59 Å². The first-order valence-corrected chi connectivity index (χ1v) is 8.85. The van der Waals surface area contributed by atoms with Gasteiger partial charge in [0.05, 0.1) is 0 Å². The summed E-state index contributed by atoms with van der Waals surface area (Å²) in [5.41, 5.74) is 1.31. The molecule has 0 heterocycles. The van der Waals surface area contributed by atoms with E-state index in [-0.39, 0.29) is 16.6 Å². The van der Waals surface area contributed by atoms with Crippen LogP contribution in [0.1, 0.15) is 52.9 Å². The SMILES string of the molecule is C[C@H]1C[C@@H]2C(CC[C@]3(C)C(=O)CCC23)[C@@]2(C)C=CC(=O)C=C12. The molecule has 0 aromatic heterocycles. The summed E-state index contributed by atoms with van der Waals surface area (Å²) in [5, 5.41) is 0. The van der Waals surface area contributed by atoms with Gasteiger partial charge in [-0.15, -0.1) is 0 Å². The number of rotatable bonds is 0. The van der Waals surface area contributed by atoms with E-state index in [0.717, 1.165) is 32.1 Å². The molecule has 0 radical (unpaired) electrons. The monoisotopic (exact) mass is 298 g/mol. The number of hydrogen-bond acceptors (Lipinski definition) is 2.